The monoisotopic (exact) mass is 313 g/mol. The van der Waals surface area contributed by atoms with Gasteiger partial charge in [0.15, 0.2) is 5.78 Å². The van der Waals surface area contributed by atoms with Gasteiger partial charge < -0.3 is 4.74 Å². The van der Waals surface area contributed by atoms with Gasteiger partial charge in [0.05, 0.1) is 12.8 Å². The van der Waals surface area contributed by atoms with Gasteiger partial charge in [0.25, 0.3) is 0 Å². The van der Waals surface area contributed by atoms with E-state index < -0.39 is 0 Å². The Labute approximate surface area is 136 Å². The molecule has 23 heavy (non-hydrogen) atoms. The van der Waals surface area contributed by atoms with Crippen LogP contribution in [0.5, 0.6) is 5.75 Å². The van der Waals surface area contributed by atoms with E-state index in [2.05, 4.69) is 21.2 Å². The molecular weight excluding hydrogens is 290 g/mol. The van der Waals surface area contributed by atoms with Crippen LogP contribution in [0.3, 0.4) is 0 Å². The van der Waals surface area contributed by atoms with Crippen molar-refractivity contribution in [2.75, 3.05) is 20.2 Å². The third-order valence-electron chi connectivity index (χ3n) is 4.38. The molecule has 1 N–H and O–H groups in total. The number of rotatable bonds is 5. The summed E-state index contributed by atoms with van der Waals surface area (Å²) >= 11 is 0. The molecule has 0 amide bonds. The number of ketones is 1. The van der Waals surface area contributed by atoms with Gasteiger partial charge in [-0.1, -0.05) is 12.1 Å². The maximum Gasteiger partial charge on any atom is 0.167 e. The summed E-state index contributed by atoms with van der Waals surface area (Å²) in [6.07, 6.45) is 2.00. The van der Waals surface area contributed by atoms with Crippen molar-refractivity contribution in [3.05, 3.63) is 47.3 Å². The molecule has 3 rings (SSSR count). The molecule has 1 atom stereocenters. The first-order chi connectivity index (χ1) is 11.2. The van der Waals surface area contributed by atoms with Crippen molar-refractivity contribution in [3.8, 4) is 5.75 Å². The molecule has 2 heterocycles. The second-order valence-corrected chi connectivity index (χ2v) is 6.21. The fourth-order valence-electron chi connectivity index (χ4n) is 3.21. The maximum absolute atomic E-state index is 12.8. The number of carbonyl (C=O) groups excluding carboxylic acids is 1. The Hall–Kier alpha value is -2.14. The lowest BCUT2D eigenvalue weighted by Crippen LogP contribution is -2.38. The molecule has 0 aliphatic carbocycles. The highest BCUT2D eigenvalue weighted by Crippen LogP contribution is 2.24. The van der Waals surface area contributed by atoms with Crippen LogP contribution in [0.4, 0.5) is 0 Å². The summed E-state index contributed by atoms with van der Waals surface area (Å²) < 4.78 is 5.22. The fraction of sp³-hybridized carbons (Fsp3) is 0.444. The third-order valence-corrected chi connectivity index (χ3v) is 4.38. The maximum atomic E-state index is 12.8. The van der Waals surface area contributed by atoms with E-state index in [9.17, 15) is 4.79 Å². The summed E-state index contributed by atoms with van der Waals surface area (Å²) in [6.45, 7) is 4.61. The molecule has 0 saturated carbocycles. The number of hydrogen-bond acceptors (Lipinski definition) is 4. The Bertz CT molecular complexity index is 680. The Morgan fingerprint density at radius 3 is 3.04 bits per heavy atom. The molecule has 0 bridgehead atoms. The highest BCUT2D eigenvalue weighted by atomic mass is 16.5. The van der Waals surface area contributed by atoms with Crippen molar-refractivity contribution in [2.45, 2.75) is 26.3 Å². The van der Waals surface area contributed by atoms with Crippen LogP contribution in [0, 0.1) is 12.8 Å². The number of carbonyl (C=O) groups is 1. The highest BCUT2D eigenvalue weighted by molar-refractivity contribution is 5.98. The predicted octanol–water partition coefficient (Wildman–Crippen LogP) is 2.82. The van der Waals surface area contributed by atoms with Gasteiger partial charge in [0, 0.05) is 30.3 Å². The van der Waals surface area contributed by atoms with Crippen molar-refractivity contribution in [1.29, 1.82) is 0 Å². The van der Waals surface area contributed by atoms with E-state index in [-0.39, 0.29) is 11.7 Å². The number of aromatic nitrogens is 2. The van der Waals surface area contributed by atoms with Crippen molar-refractivity contribution in [3.63, 3.8) is 0 Å². The van der Waals surface area contributed by atoms with Gasteiger partial charge in [-0.25, -0.2) is 0 Å². The Balaban J connectivity index is 1.66. The molecule has 0 spiro atoms. The lowest BCUT2D eigenvalue weighted by Gasteiger charge is -2.31. The van der Waals surface area contributed by atoms with E-state index in [0.717, 1.165) is 55.2 Å². The van der Waals surface area contributed by atoms with Crippen molar-refractivity contribution in [1.82, 2.24) is 15.1 Å². The average Bonchev–Trinajstić information content (AvgIpc) is 2.99. The number of aromatic amines is 1. The topological polar surface area (TPSA) is 58.2 Å². The minimum Gasteiger partial charge on any atom is -0.497 e. The van der Waals surface area contributed by atoms with E-state index in [0.29, 0.717) is 0 Å². The van der Waals surface area contributed by atoms with Crippen LogP contribution >= 0.6 is 0 Å². The fourth-order valence-corrected chi connectivity index (χ4v) is 3.21. The Kier molecular flexibility index (Phi) is 4.76. The Morgan fingerprint density at radius 1 is 1.43 bits per heavy atom. The quantitative estimate of drug-likeness (QED) is 0.862. The smallest absolute Gasteiger partial charge is 0.167 e. The summed E-state index contributed by atoms with van der Waals surface area (Å²) in [5.74, 6) is 0.998. The number of ether oxygens (including phenoxy) is 1. The Morgan fingerprint density at radius 2 is 2.30 bits per heavy atom. The molecule has 1 saturated heterocycles. The summed E-state index contributed by atoms with van der Waals surface area (Å²) in [4.78, 5) is 15.1. The summed E-state index contributed by atoms with van der Waals surface area (Å²) in [6, 6.07) is 9.51. The van der Waals surface area contributed by atoms with Crippen LogP contribution in [0.2, 0.25) is 0 Å². The molecule has 1 aromatic heterocycles. The molecule has 1 aliphatic heterocycles. The summed E-state index contributed by atoms with van der Waals surface area (Å²) in [5, 5.41) is 7.27. The largest absolute Gasteiger partial charge is 0.497 e. The second-order valence-electron chi connectivity index (χ2n) is 6.21. The van der Waals surface area contributed by atoms with Crippen molar-refractivity contribution in [2.24, 2.45) is 5.92 Å². The van der Waals surface area contributed by atoms with Crippen molar-refractivity contribution >= 4 is 5.78 Å². The zero-order valence-electron chi connectivity index (χ0n) is 13.7. The summed E-state index contributed by atoms with van der Waals surface area (Å²) in [5.41, 5.74) is 2.85. The van der Waals surface area contributed by atoms with E-state index in [1.54, 1.807) is 7.11 Å². The minimum absolute atomic E-state index is 0.0518. The number of nitrogens with one attached hydrogen (secondary N) is 1. The number of hydrogen-bond donors (Lipinski definition) is 1. The first-order valence-corrected chi connectivity index (χ1v) is 8.07. The van der Waals surface area contributed by atoms with Gasteiger partial charge in [0.1, 0.15) is 5.75 Å². The van der Waals surface area contributed by atoms with E-state index in [1.807, 2.05) is 31.2 Å². The van der Waals surface area contributed by atoms with Gasteiger partial charge in [-0.3, -0.25) is 14.8 Å². The lowest BCUT2D eigenvalue weighted by molar-refractivity contribution is 0.0809. The number of piperidine rings is 1. The number of methoxy groups -OCH3 is 1. The minimum atomic E-state index is 0.0518. The molecule has 1 aromatic carbocycles. The molecule has 1 fully saturated rings. The molecule has 2 aromatic rings. The number of H-pyrrole nitrogens is 1. The first kappa shape index (κ1) is 15.7. The van der Waals surface area contributed by atoms with Crippen LogP contribution in [-0.4, -0.2) is 41.1 Å². The van der Waals surface area contributed by atoms with Crippen LogP contribution in [0.15, 0.2) is 30.3 Å². The van der Waals surface area contributed by atoms with E-state index in [1.165, 1.54) is 0 Å². The highest BCUT2D eigenvalue weighted by Gasteiger charge is 2.27. The molecule has 1 unspecified atom stereocenters. The van der Waals surface area contributed by atoms with Gasteiger partial charge in [-0.15, -0.1) is 0 Å². The molecule has 0 radical (unpaired) electrons. The lowest BCUT2D eigenvalue weighted by atomic mass is 9.90. The molecular formula is C18H23N3O2. The van der Waals surface area contributed by atoms with Gasteiger partial charge in [0.2, 0.25) is 0 Å². The van der Waals surface area contributed by atoms with Gasteiger partial charge in [-0.05, 0) is 44.5 Å². The number of nitrogens with zero attached hydrogens (tertiary/aromatic N) is 2. The van der Waals surface area contributed by atoms with Crippen LogP contribution < -0.4 is 4.74 Å². The number of benzene rings is 1. The number of likely N-dealkylation sites (tertiary alicyclic amines) is 1. The first-order valence-electron chi connectivity index (χ1n) is 8.07. The normalized spacial score (nSPS) is 18.8. The van der Waals surface area contributed by atoms with Crippen LogP contribution in [0.1, 0.15) is 34.6 Å². The molecule has 5 nitrogen and oxygen atoms in total. The number of Topliss-reactive ketones (excluding diaryl/α,β-unsaturated/α-hetero) is 1. The van der Waals surface area contributed by atoms with Crippen molar-refractivity contribution < 1.29 is 9.53 Å². The van der Waals surface area contributed by atoms with E-state index in [4.69, 9.17) is 4.74 Å². The number of aryl methyl sites for hydroxylation is 1. The van der Waals surface area contributed by atoms with Crippen LogP contribution in [0.25, 0.3) is 0 Å². The molecule has 5 heteroatoms. The second kappa shape index (κ2) is 6.96. The standard InChI is InChI=1S/C18H23N3O2/c1-13-9-16(20-19-13)12-21-8-4-6-15(11-21)18(22)14-5-3-7-17(10-14)23-2/h3,5,7,9-10,15H,4,6,8,11-12H2,1-2H3,(H,19,20). The van der Waals surface area contributed by atoms with Gasteiger partial charge >= 0.3 is 0 Å². The van der Waals surface area contributed by atoms with Crippen LogP contribution in [-0.2, 0) is 6.54 Å². The third kappa shape index (κ3) is 3.79. The SMILES string of the molecule is COc1cccc(C(=O)C2CCCN(Cc3cc(C)[nH]n3)C2)c1. The zero-order chi connectivity index (χ0) is 16.2. The molecule has 122 valence electrons. The predicted molar refractivity (Wildman–Crippen MR) is 88.7 cm³/mol. The van der Waals surface area contributed by atoms with Gasteiger partial charge in [-0.2, -0.15) is 5.10 Å². The summed E-state index contributed by atoms with van der Waals surface area (Å²) in [7, 11) is 1.62. The average molecular weight is 313 g/mol. The molecule has 1 aliphatic rings. The zero-order valence-corrected chi connectivity index (χ0v) is 13.7. The van der Waals surface area contributed by atoms with E-state index >= 15 is 0 Å².